The van der Waals surface area contributed by atoms with Crippen LogP contribution in [0.3, 0.4) is 0 Å². The molecule has 0 bridgehead atoms. The largest absolute Gasteiger partial charge is 0.338 e. The number of amides is 1. The summed E-state index contributed by atoms with van der Waals surface area (Å²) in [6.45, 7) is 9.93. The third kappa shape index (κ3) is 3.67. The van der Waals surface area contributed by atoms with Crippen LogP contribution in [0.15, 0.2) is 0 Å². The van der Waals surface area contributed by atoms with Gasteiger partial charge in [0, 0.05) is 50.0 Å². The number of hydrogen-bond donors (Lipinski definition) is 0. The van der Waals surface area contributed by atoms with Gasteiger partial charge >= 0.3 is 0 Å². The SMILES string of the molecule is CCn1nc(C)c(CN2CC(CSC(C)=O)CC2=O)c1C. The van der Waals surface area contributed by atoms with E-state index >= 15 is 0 Å². The second-order valence-electron chi connectivity index (χ2n) is 5.61. The lowest BCUT2D eigenvalue weighted by atomic mass is 10.1. The van der Waals surface area contributed by atoms with Crippen molar-refractivity contribution in [2.75, 3.05) is 12.3 Å². The summed E-state index contributed by atoms with van der Waals surface area (Å²) >= 11 is 1.32. The molecule has 2 rings (SSSR count). The summed E-state index contributed by atoms with van der Waals surface area (Å²) in [6, 6.07) is 0. The molecule has 1 aromatic heterocycles. The van der Waals surface area contributed by atoms with E-state index in [1.807, 2.05) is 16.5 Å². The zero-order chi connectivity index (χ0) is 15.6. The summed E-state index contributed by atoms with van der Waals surface area (Å²) in [6.07, 6.45) is 0.556. The summed E-state index contributed by atoms with van der Waals surface area (Å²) < 4.78 is 1.98. The van der Waals surface area contributed by atoms with Crippen molar-refractivity contribution in [1.82, 2.24) is 14.7 Å². The lowest BCUT2D eigenvalue weighted by molar-refractivity contribution is -0.128. The minimum absolute atomic E-state index is 0.122. The van der Waals surface area contributed by atoms with Gasteiger partial charge < -0.3 is 4.90 Å². The van der Waals surface area contributed by atoms with Crippen LogP contribution in [0.1, 0.15) is 37.2 Å². The average molecular weight is 309 g/mol. The van der Waals surface area contributed by atoms with E-state index in [9.17, 15) is 9.59 Å². The van der Waals surface area contributed by atoms with E-state index in [1.54, 1.807) is 6.92 Å². The van der Waals surface area contributed by atoms with E-state index < -0.39 is 0 Å². The average Bonchev–Trinajstić information content (AvgIpc) is 2.91. The first-order valence-electron chi connectivity index (χ1n) is 7.36. The summed E-state index contributed by atoms with van der Waals surface area (Å²) in [5.74, 6) is 1.21. The molecule has 1 fully saturated rings. The van der Waals surface area contributed by atoms with Gasteiger partial charge in [0.1, 0.15) is 0 Å². The van der Waals surface area contributed by atoms with Crippen LogP contribution in [0.2, 0.25) is 0 Å². The molecule has 6 heteroatoms. The quantitative estimate of drug-likeness (QED) is 0.836. The Hall–Kier alpha value is -1.30. The van der Waals surface area contributed by atoms with Crippen molar-refractivity contribution in [3.8, 4) is 0 Å². The van der Waals surface area contributed by atoms with Gasteiger partial charge in [0.25, 0.3) is 0 Å². The maximum Gasteiger partial charge on any atom is 0.223 e. The van der Waals surface area contributed by atoms with Crippen LogP contribution in [0.4, 0.5) is 0 Å². The molecule has 0 aliphatic carbocycles. The van der Waals surface area contributed by atoms with Crippen molar-refractivity contribution in [1.29, 1.82) is 0 Å². The molecule has 1 aromatic rings. The highest BCUT2D eigenvalue weighted by Gasteiger charge is 2.30. The molecule has 1 atom stereocenters. The van der Waals surface area contributed by atoms with Gasteiger partial charge in [0.05, 0.1) is 5.69 Å². The second-order valence-corrected chi connectivity index (χ2v) is 6.81. The molecule has 21 heavy (non-hydrogen) atoms. The Morgan fingerprint density at radius 1 is 1.43 bits per heavy atom. The van der Waals surface area contributed by atoms with Crippen molar-refractivity contribution in [3.05, 3.63) is 17.0 Å². The molecule has 0 radical (unpaired) electrons. The van der Waals surface area contributed by atoms with Gasteiger partial charge in [-0.05, 0) is 26.7 Å². The molecule has 0 saturated carbocycles. The molecule has 1 aliphatic heterocycles. The molecule has 1 unspecified atom stereocenters. The number of likely N-dealkylation sites (tertiary alicyclic amines) is 1. The van der Waals surface area contributed by atoms with Crippen molar-refractivity contribution < 1.29 is 9.59 Å². The van der Waals surface area contributed by atoms with E-state index in [-0.39, 0.29) is 16.9 Å². The normalized spacial score (nSPS) is 18.6. The third-order valence-electron chi connectivity index (χ3n) is 4.00. The lowest BCUT2D eigenvalue weighted by Crippen LogP contribution is -2.25. The van der Waals surface area contributed by atoms with Gasteiger partial charge in [-0.25, -0.2) is 0 Å². The predicted molar refractivity (Wildman–Crippen MR) is 84.0 cm³/mol. The fourth-order valence-corrected chi connectivity index (χ4v) is 3.51. The van der Waals surface area contributed by atoms with Crippen LogP contribution >= 0.6 is 11.8 Å². The first-order chi connectivity index (χ1) is 9.92. The first kappa shape index (κ1) is 16.1. The monoisotopic (exact) mass is 309 g/mol. The van der Waals surface area contributed by atoms with E-state index in [0.717, 1.165) is 35.8 Å². The number of rotatable bonds is 5. The van der Waals surface area contributed by atoms with Crippen molar-refractivity contribution in [2.45, 2.75) is 47.2 Å². The van der Waals surface area contributed by atoms with Gasteiger partial charge in [0.15, 0.2) is 5.12 Å². The number of carbonyl (C=O) groups is 2. The van der Waals surface area contributed by atoms with Crippen molar-refractivity contribution >= 4 is 22.8 Å². The maximum atomic E-state index is 12.1. The van der Waals surface area contributed by atoms with Gasteiger partial charge in [-0.15, -0.1) is 0 Å². The maximum absolute atomic E-state index is 12.1. The van der Waals surface area contributed by atoms with Crippen LogP contribution in [-0.4, -0.2) is 38.0 Å². The Labute approximate surface area is 130 Å². The number of carbonyl (C=O) groups excluding carboxylic acids is 2. The van der Waals surface area contributed by atoms with Gasteiger partial charge in [-0.3, -0.25) is 14.3 Å². The fourth-order valence-electron chi connectivity index (χ4n) is 2.82. The van der Waals surface area contributed by atoms with Crippen LogP contribution in [0.25, 0.3) is 0 Å². The molecule has 2 heterocycles. The Morgan fingerprint density at radius 3 is 2.71 bits per heavy atom. The minimum atomic E-state index is 0.122. The van der Waals surface area contributed by atoms with E-state index in [2.05, 4.69) is 18.9 Å². The molecular weight excluding hydrogens is 286 g/mol. The highest BCUT2D eigenvalue weighted by atomic mass is 32.2. The van der Waals surface area contributed by atoms with Gasteiger partial charge in [-0.2, -0.15) is 5.10 Å². The highest BCUT2D eigenvalue weighted by Crippen LogP contribution is 2.25. The van der Waals surface area contributed by atoms with Crippen molar-refractivity contribution in [3.63, 3.8) is 0 Å². The molecule has 0 aromatic carbocycles. The Kier molecular flexibility index (Phi) is 5.08. The molecule has 0 N–H and O–H groups in total. The number of aryl methyl sites for hydroxylation is 2. The fraction of sp³-hybridized carbons (Fsp3) is 0.667. The van der Waals surface area contributed by atoms with Crippen LogP contribution in [0.5, 0.6) is 0 Å². The Morgan fingerprint density at radius 2 is 2.14 bits per heavy atom. The van der Waals surface area contributed by atoms with Gasteiger partial charge in [0.2, 0.25) is 5.91 Å². The predicted octanol–water partition coefficient (Wildman–Crippen LogP) is 2.15. The van der Waals surface area contributed by atoms with Crippen LogP contribution in [0, 0.1) is 19.8 Å². The number of thioether (sulfide) groups is 1. The molecule has 1 aliphatic rings. The lowest BCUT2D eigenvalue weighted by Gasteiger charge is -2.17. The molecule has 1 saturated heterocycles. The zero-order valence-corrected chi connectivity index (χ0v) is 14.0. The number of aromatic nitrogens is 2. The molecule has 1 amide bonds. The van der Waals surface area contributed by atoms with E-state index in [1.165, 1.54) is 11.8 Å². The summed E-state index contributed by atoms with van der Waals surface area (Å²) in [7, 11) is 0. The first-order valence-corrected chi connectivity index (χ1v) is 8.35. The van der Waals surface area contributed by atoms with Crippen LogP contribution < -0.4 is 0 Å². The van der Waals surface area contributed by atoms with Crippen LogP contribution in [-0.2, 0) is 22.7 Å². The Balaban J connectivity index is 2.02. The topological polar surface area (TPSA) is 55.2 Å². The molecule has 116 valence electrons. The van der Waals surface area contributed by atoms with E-state index in [4.69, 9.17) is 0 Å². The minimum Gasteiger partial charge on any atom is -0.338 e. The molecule has 0 spiro atoms. The standard InChI is InChI=1S/C15H23N3O2S/c1-5-18-11(3)14(10(2)16-18)8-17-7-13(6-15(17)20)9-21-12(4)19/h13H,5-9H2,1-4H3. The molecule has 5 nitrogen and oxygen atoms in total. The number of nitrogens with zero attached hydrogens (tertiary/aromatic N) is 3. The zero-order valence-electron chi connectivity index (χ0n) is 13.2. The second kappa shape index (κ2) is 6.64. The van der Waals surface area contributed by atoms with Crippen molar-refractivity contribution in [2.24, 2.45) is 5.92 Å². The van der Waals surface area contributed by atoms with E-state index in [0.29, 0.717) is 13.0 Å². The summed E-state index contributed by atoms with van der Waals surface area (Å²) in [5, 5.41) is 4.63. The summed E-state index contributed by atoms with van der Waals surface area (Å²) in [4.78, 5) is 25.1. The Bertz CT molecular complexity index is 553. The number of hydrogen-bond acceptors (Lipinski definition) is 4. The van der Waals surface area contributed by atoms with Gasteiger partial charge in [-0.1, -0.05) is 11.8 Å². The smallest absolute Gasteiger partial charge is 0.223 e. The third-order valence-corrected chi connectivity index (χ3v) is 5.04. The molecular formula is C15H23N3O2S. The highest BCUT2D eigenvalue weighted by molar-refractivity contribution is 8.13. The summed E-state index contributed by atoms with van der Waals surface area (Å²) in [5.41, 5.74) is 3.30.